The average molecular weight is 357 g/mol. The van der Waals surface area contributed by atoms with Crippen molar-refractivity contribution in [1.82, 2.24) is 9.88 Å². The third kappa shape index (κ3) is 4.00. The number of rotatable bonds is 6. The van der Waals surface area contributed by atoms with Crippen LogP contribution in [0.25, 0.3) is 0 Å². The number of benzene rings is 1. The average Bonchev–Trinajstić information content (AvgIpc) is 3.15. The van der Waals surface area contributed by atoms with E-state index in [9.17, 15) is 5.11 Å². The van der Waals surface area contributed by atoms with Gasteiger partial charge in [0, 0.05) is 45.0 Å². The molecule has 4 rings (SSSR count). The lowest BCUT2D eigenvalue weighted by molar-refractivity contribution is 0.0662. The molecule has 1 saturated heterocycles. The number of hydrogen-bond donors (Lipinski definition) is 1. The number of aromatic nitrogens is 1. The molecule has 0 spiro atoms. The molecule has 2 aliphatic rings. The second-order valence-electron chi connectivity index (χ2n) is 6.46. The van der Waals surface area contributed by atoms with E-state index in [-0.39, 0.29) is 13.4 Å². The zero-order valence-corrected chi connectivity index (χ0v) is 14.6. The van der Waals surface area contributed by atoms with Crippen LogP contribution in [-0.4, -0.2) is 67.2 Å². The fourth-order valence-corrected chi connectivity index (χ4v) is 3.21. The molecular weight excluding hydrogens is 334 g/mol. The summed E-state index contributed by atoms with van der Waals surface area (Å²) >= 11 is 0. The van der Waals surface area contributed by atoms with Gasteiger partial charge in [-0.1, -0.05) is 6.07 Å². The van der Waals surface area contributed by atoms with E-state index in [2.05, 4.69) is 14.8 Å². The Labute approximate surface area is 152 Å². The molecule has 1 aromatic carbocycles. The lowest BCUT2D eigenvalue weighted by atomic mass is 10.2. The van der Waals surface area contributed by atoms with Crippen LogP contribution < -0.4 is 19.1 Å². The van der Waals surface area contributed by atoms with Gasteiger partial charge in [0.2, 0.25) is 6.79 Å². The minimum absolute atomic E-state index is 0.242. The number of pyridine rings is 1. The molecule has 7 heteroatoms. The van der Waals surface area contributed by atoms with Crippen LogP contribution in [0, 0.1) is 0 Å². The van der Waals surface area contributed by atoms with E-state index in [0.717, 1.165) is 37.7 Å². The fraction of sp³-hybridized carbons (Fsp3) is 0.421. The van der Waals surface area contributed by atoms with Crippen molar-refractivity contribution in [1.29, 1.82) is 0 Å². The highest BCUT2D eigenvalue weighted by Crippen LogP contribution is 2.35. The van der Waals surface area contributed by atoms with Gasteiger partial charge in [0.15, 0.2) is 11.5 Å². The highest BCUT2D eigenvalue weighted by atomic mass is 16.7. The number of nitrogens with zero attached hydrogens (tertiary/aromatic N) is 3. The number of ether oxygens (including phenoxy) is 3. The molecule has 1 N–H and O–H groups in total. The molecule has 0 aliphatic carbocycles. The van der Waals surface area contributed by atoms with E-state index < -0.39 is 6.10 Å². The topological polar surface area (TPSA) is 67.3 Å². The van der Waals surface area contributed by atoms with Gasteiger partial charge in [-0.25, -0.2) is 4.98 Å². The molecule has 0 amide bonds. The van der Waals surface area contributed by atoms with Crippen LogP contribution in [0.4, 0.5) is 5.82 Å². The van der Waals surface area contributed by atoms with Crippen molar-refractivity contribution in [2.24, 2.45) is 0 Å². The van der Waals surface area contributed by atoms with E-state index in [1.54, 1.807) is 6.07 Å². The first kappa shape index (κ1) is 16.9. The van der Waals surface area contributed by atoms with Gasteiger partial charge >= 0.3 is 0 Å². The Morgan fingerprint density at radius 1 is 1.08 bits per heavy atom. The van der Waals surface area contributed by atoms with Gasteiger partial charge in [-0.3, -0.25) is 4.90 Å². The van der Waals surface area contributed by atoms with Gasteiger partial charge in [0.25, 0.3) is 0 Å². The summed E-state index contributed by atoms with van der Waals surface area (Å²) in [4.78, 5) is 8.92. The quantitative estimate of drug-likeness (QED) is 0.837. The third-order valence-electron chi connectivity index (χ3n) is 4.60. The Bertz CT molecular complexity index is 720. The van der Waals surface area contributed by atoms with Crippen LogP contribution in [0.2, 0.25) is 0 Å². The van der Waals surface area contributed by atoms with Crippen LogP contribution in [0.5, 0.6) is 17.2 Å². The van der Waals surface area contributed by atoms with Crippen molar-refractivity contribution in [3.05, 3.63) is 42.6 Å². The molecule has 1 atom stereocenters. The lowest BCUT2D eigenvalue weighted by Gasteiger charge is -2.36. The smallest absolute Gasteiger partial charge is 0.231 e. The predicted molar refractivity (Wildman–Crippen MR) is 97.0 cm³/mol. The van der Waals surface area contributed by atoms with E-state index in [1.807, 2.05) is 36.5 Å². The van der Waals surface area contributed by atoms with E-state index in [4.69, 9.17) is 14.2 Å². The molecule has 0 radical (unpaired) electrons. The second kappa shape index (κ2) is 7.80. The van der Waals surface area contributed by atoms with E-state index in [0.29, 0.717) is 18.0 Å². The van der Waals surface area contributed by atoms with Gasteiger partial charge in [0.05, 0.1) is 0 Å². The molecular formula is C19H23N3O4. The first-order valence-corrected chi connectivity index (χ1v) is 8.87. The predicted octanol–water partition coefficient (Wildman–Crippen LogP) is 1.37. The Morgan fingerprint density at radius 3 is 2.73 bits per heavy atom. The molecule has 138 valence electrons. The normalized spacial score (nSPS) is 18.0. The molecule has 0 bridgehead atoms. The van der Waals surface area contributed by atoms with Gasteiger partial charge in [-0.15, -0.1) is 0 Å². The van der Waals surface area contributed by atoms with E-state index >= 15 is 0 Å². The Balaban J connectivity index is 1.21. The third-order valence-corrected chi connectivity index (χ3v) is 4.60. The summed E-state index contributed by atoms with van der Waals surface area (Å²) < 4.78 is 16.3. The summed E-state index contributed by atoms with van der Waals surface area (Å²) in [5, 5.41) is 10.3. The number of anilines is 1. The standard InChI is InChI=1S/C19H23N3O4/c23-15(13-24-16-4-5-17-18(11-16)26-14-25-17)12-21-7-9-22(10-8-21)19-3-1-2-6-20-19/h1-6,11,15,23H,7-10,12-14H2. The maximum Gasteiger partial charge on any atom is 0.231 e. The lowest BCUT2D eigenvalue weighted by Crippen LogP contribution is -2.49. The zero-order chi connectivity index (χ0) is 17.8. The summed E-state index contributed by atoms with van der Waals surface area (Å²) in [5.74, 6) is 3.10. The second-order valence-corrected chi connectivity index (χ2v) is 6.46. The number of β-amino-alcohol motifs (C(OH)–C–C–N with tert-alkyl or cyclic N) is 1. The molecule has 2 aromatic rings. The summed E-state index contributed by atoms with van der Waals surface area (Å²) in [6.07, 6.45) is 1.28. The van der Waals surface area contributed by atoms with Crippen LogP contribution in [0.15, 0.2) is 42.6 Å². The summed E-state index contributed by atoms with van der Waals surface area (Å²) in [6.45, 7) is 4.71. The van der Waals surface area contributed by atoms with Crippen LogP contribution >= 0.6 is 0 Å². The summed E-state index contributed by atoms with van der Waals surface area (Å²) in [7, 11) is 0. The van der Waals surface area contributed by atoms with Crippen molar-refractivity contribution in [2.45, 2.75) is 6.10 Å². The van der Waals surface area contributed by atoms with Crippen LogP contribution in [-0.2, 0) is 0 Å². The molecule has 0 saturated carbocycles. The maximum absolute atomic E-state index is 10.3. The van der Waals surface area contributed by atoms with Gasteiger partial charge in [-0.05, 0) is 24.3 Å². The Morgan fingerprint density at radius 2 is 1.92 bits per heavy atom. The Kier molecular flexibility index (Phi) is 5.08. The molecule has 3 heterocycles. The highest BCUT2D eigenvalue weighted by molar-refractivity contribution is 5.46. The van der Waals surface area contributed by atoms with Crippen LogP contribution in [0.1, 0.15) is 0 Å². The highest BCUT2D eigenvalue weighted by Gasteiger charge is 2.20. The summed E-state index contributed by atoms with van der Waals surface area (Å²) in [6, 6.07) is 11.4. The number of aliphatic hydroxyl groups excluding tert-OH is 1. The molecule has 26 heavy (non-hydrogen) atoms. The number of aliphatic hydroxyl groups is 1. The van der Waals surface area contributed by atoms with Crippen molar-refractivity contribution < 1.29 is 19.3 Å². The van der Waals surface area contributed by atoms with Crippen LogP contribution in [0.3, 0.4) is 0 Å². The largest absolute Gasteiger partial charge is 0.491 e. The van der Waals surface area contributed by atoms with Gasteiger partial charge in [-0.2, -0.15) is 0 Å². The first-order valence-electron chi connectivity index (χ1n) is 8.87. The number of fused-ring (bicyclic) bond motifs is 1. The van der Waals surface area contributed by atoms with Crippen molar-refractivity contribution in [3.8, 4) is 17.2 Å². The number of piperazine rings is 1. The molecule has 1 aromatic heterocycles. The first-order chi connectivity index (χ1) is 12.8. The molecule has 7 nitrogen and oxygen atoms in total. The number of hydrogen-bond acceptors (Lipinski definition) is 7. The Hall–Kier alpha value is -2.51. The minimum Gasteiger partial charge on any atom is -0.491 e. The zero-order valence-electron chi connectivity index (χ0n) is 14.6. The van der Waals surface area contributed by atoms with Crippen molar-refractivity contribution in [3.63, 3.8) is 0 Å². The van der Waals surface area contributed by atoms with Crippen molar-refractivity contribution in [2.75, 3.05) is 51.0 Å². The van der Waals surface area contributed by atoms with Gasteiger partial charge in [0.1, 0.15) is 24.3 Å². The molecule has 1 fully saturated rings. The monoisotopic (exact) mass is 357 g/mol. The van der Waals surface area contributed by atoms with Gasteiger partial charge < -0.3 is 24.2 Å². The summed E-state index contributed by atoms with van der Waals surface area (Å²) in [5.41, 5.74) is 0. The molecule has 1 unspecified atom stereocenters. The minimum atomic E-state index is -0.540. The maximum atomic E-state index is 10.3. The van der Waals surface area contributed by atoms with E-state index in [1.165, 1.54) is 0 Å². The SMILES string of the molecule is OC(COc1ccc2c(c1)OCO2)CN1CCN(c2ccccn2)CC1. The van der Waals surface area contributed by atoms with Crippen molar-refractivity contribution >= 4 is 5.82 Å². The fourth-order valence-electron chi connectivity index (χ4n) is 3.21. The molecule has 2 aliphatic heterocycles.